The third-order valence-electron chi connectivity index (χ3n) is 2.84. The Kier molecular flexibility index (Phi) is 7.75. The molecule has 1 aromatic carbocycles. The molecule has 20 heavy (non-hydrogen) atoms. The van der Waals surface area contributed by atoms with Crippen molar-refractivity contribution in [3.63, 3.8) is 0 Å². The van der Waals surface area contributed by atoms with Crippen LogP contribution in [0.1, 0.15) is 31.7 Å². The summed E-state index contributed by atoms with van der Waals surface area (Å²) in [5.41, 5.74) is 0.306. The van der Waals surface area contributed by atoms with E-state index >= 15 is 0 Å². The van der Waals surface area contributed by atoms with E-state index in [1.807, 2.05) is 0 Å². The molecule has 0 aliphatic heterocycles. The summed E-state index contributed by atoms with van der Waals surface area (Å²) >= 11 is 0. The first-order chi connectivity index (χ1) is 9.65. The lowest BCUT2D eigenvalue weighted by Gasteiger charge is -2.06. The van der Waals surface area contributed by atoms with Gasteiger partial charge in [0.15, 0.2) is 0 Å². The van der Waals surface area contributed by atoms with Gasteiger partial charge in [-0.05, 0) is 31.5 Å². The second-order valence-electron chi connectivity index (χ2n) is 4.53. The molecule has 112 valence electrons. The third kappa shape index (κ3) is 6.08. The average molecular weight is 284 g/mol. The van der Waals surface area contributed by atoms with Crippen molar-refractivity contribution in [2.24, 2.45) is 0 Å². The number of rotatable bonds is 10. The van der Waals surface area contributed by atoms with Crippen molar-refractivity contribution in [3.8, 4) is 0 Å². The first kappa shape index (κ1) is 16.5. The van der Waals surface area contributed by atoms with Gasteiger partial charge in [0.1, 0.15) is 5.82 Å². The molecule has 5 nitrogen and oxygen atoms in total. The summed E-state index contributed by atoms with van der Waals surface area (Å²) in [6, 6.07) is 3.49. The molecule has 0 amide bonds. The smallest absolute Gasteiger partial charge is 0.274 e. The van der Waals surface area contributed by atoms with E-state index in [0.717, 1.165) is 31.9 Å². The standard InChI is InChI=1S/C14H21FN2O3/c1-2-3-8-20-9-4-7-16-11-12-10-13(15)5-6-14(12)17(18)19/h5-6,10,16H,2-4,7-9,11H2,1H3. The second kappa shape index (κ2) is 9.39. The highest BCUT2D eigenvalue weighted by molar-refractivity contribution is 5.40. The normalized spacial score (nSPS) is 10.7. The van der Waals surface area contributed by atoms with Crippen molar-refractivity contribution in [2.75, 3.05) is 19.8 Å². The molecule has 0 unspecified atom stereocenters. The van der Waals surface area contributed by atoms with Crippen molar-refractivity contribution < 1.29 is 14.1 Å². The van der Waals surface area contributed by atoms with Crippen molar-refractivity contribution in [1.82, 2.24) is 5.32 Å². The lowest BCUT2D eigenvalue weighted by molar-refractivity contribution is -0.385. The Morgan fingerprint density at radius 1 is 1.35 bits per heavy atom. The van der Waals surface area contributed by atoms with Crippen molar-refractivity contribution >= 4 is 5.69 Å². The number of nitro groups is 1. The Morgan fingerprint density at radius 2 is 2.10 bits per heavy atom. The number of hydrogen-bond donors (Lipinski definition) is 1. The molecule has 0 saturated carbocycles. The van der Waals surface area contributed by atoms with Gasteiger partial charge in [-0.15, -0.1) is 0 Å². The zero-order chi connectivity index (χ0) is 14.8. The second-order valence-corrected chi connectivity index (χ2v) is 4.53. The van der Waals surface area contributed by atoms with Crippen molar-refractivity contribution in [3.05, 3.63) is 39.7 Å². The monoisotopic (exact) mass is 284 g/mol. The molecule has 0 heterocycles. The van der Waals surface area contributed by atoms with Crippen LogP contribution in [0.4, 0.5) is 10.1 Å². The summed E-state index contributed by atoms with van der Waals surface area (Å²) in [5.74, 6) is -0.463. The molecule has 6 heteroatoms. The summed E-state index contributed by atoms with van der Waals surface area (Å²) in [6.07, 6.45) is 3.00. The van der Waals surface area contributed by atoms with E-state index in [-0.39, 0.29) is 12.2 Å². The number of nitrogens with zero attached hydrogens (tertiary/aromatic N) is 1. The minimum absolute atomic E-state index is 0.0573. The third-order valence-corrected chi connectivity index (χ3v) is 2.84. The molecule has 0 atom stereocenters. The van der Waals surface area contributed by atoms with E-state index in [9.17, 15) is 14.5 Å². The molecule has 0 spiro atoms. The number of nitrogens with one attached hydrogen (secondary N) is 1. The largest absolute Gasteiger partial charge is 0.381 e. The molecule has 0 fully saturated rings. The summed E-state index contributed by atoms with van der Waals surface area (Å²) in [5, 5.41) is 13.9. The summed E-state index contributed by atoms with van der Waals surface area (Å²) < 4.78 is 18.5. The molecule has 1 N–H and O–H groups in total. The van der Waals surface area contributed by atoms with Gasteiger partial charge in [-0.25, -0.2) is 4.39 Å². The van der Waals surface area contributed by atoms with Gasteiger partial charge in [0, 0.05) is 31.4 Å². The fraction of sp³-hybridized carbons (Fsp3) is 0.571. The lowest BCUT2D eigenvalue weighted by atomic mass is 10.1. The van der Waals surface area contributed by atoms with Crippen LogP contribution in [0.15, 0.2) is 18.2 Å². The number of ether oxygens (including phenoxy) is 1. The molecule has 0 aliphatic rings. The molecular weight excluding hydrogens is 263 g/mol. The molecule has 1 rings (SSSR count). The van der Waals surface area contributed by atoms with Crippen LogP contribution in [0, 0.1) is 15.9 Å². The van der Waals surface area contributed by atoms with Crippen molar-refractivity contribution in [2.45, 2.75) is 32.7 Å². The van der Waals surface area contributed by atoms with Gasteiger partial charge in [0.05, 0.1) is 4.92 Å². The maximum absolute atomic E-state index is 13.1. The molecular formula is C14H21FN2O3. The minimum atomic E-state index is -0.496. The molecule has 0 saturated heterocycles. The van der Waals surface area contributed by atoms with E-state index in [2.05, 4.69) is 12.2 Å². The highest BCUT2D eigenvalue weighted by atomic mass is 19.1. The first-order valence-electron chi connectivity index (χ1n) is 6.86. The molecule has 0 radical (unpaired) electrons. The Morgan fingerprint density at radius 3 is 2.80 bits per heavy atom. The Balaban J connectivity index is 2.28. The van der Waals surface area contributed by atoms with E-state index in [4.69, 9.17) is 4.74 Å². The number of nitro benzene ring substituents is 1. The number of benzene rings is 1. The average Bonchev–Trinajstić information content (AvgIpc) is 2.41. The molecule has 0 aliphatic carbocycles. The highest BCUT2D eigenvalue weighted by Gasteiger charge is 2.13. The SMILES string of the molecule is CCCCOCCCNCc1cc(F)ccc1[N+](=O)[O-]. The van der Waals surface area contributed by atoms with Gasteiger partial charge in [0.2, 0.25) is 0 Å². The first-order valence-corrected chi connectivity index (χ1v) is 6.86. The van der Waals surface area contributed by atoms with Crippen LogP contribution in [0.3, 0.4) is 0 Å². The quantitative estimate of drug-likeness (QED) is 0.407. The zero-order valence-electron chi connectivity index (χ0n) is 11.7. The van der Waals surface area contributed by atoms with Crippen LogP contribution in [0.5, 0.6) is 0 Å². The zero-order valence-corrected chi connectivity index (χ0v) is 11.7. The van der Waals surface area contributed by atoms with E-state index in [0.29, 0.717) is 18.7 Å². The maximum Gasteiger partial charge on any atom is 0.274 e. The van der Waals surface area contributed by atoms with Gasteiger partial charge in [-0.2, -0.15) is 0 Å². The predicted molar refractivity (Wildman–Crippen MR) is 75.1 cm³/mol. The minimum Gasteiger partial charge on any atom is -0.381 e. The van der Waals surface area contributed by atoms with E-state index in [1.165, 1.54) is 12.1 Å². The van der Waals surface area contributed by atoms with Gasteiger partial charge < -0.3 is 10.1 Å². The van der Waals surface area contributed by atoms with E-state index < -0.39 is 10.7 Å². The van der Waals surface area contributed by atoms with Crippen LogP contribution < -0.4 is 5.32 Å². The van der Waals surface area contributed by atoms with Crippen LogP contribution >= 0.6 is 0 Å². The van der Waals surface area contributed by atoms with Crippen LogP contribution in [-0.2, 0) is 11.3 Å². The fourth-order valence-electron chi connectivity index (χ4n) is 1.74. The van der Waals surface area contributed by atoms with Crippen LogP contribution in [0.25, 0.3) is 0 Å². The van der Waals surface area contributed by atoms with Gasteiger partial charge >= 0.3 is 0 Å². The van der Waals surface area contributed by atoms with Gasteiger partial charge in [-0.1, -0.05) is 13.3 Å². The molecule has 0 bridgehead atoms. The Labute approximate surface area is 118 Å². The number of halogens is 1. The predicted octanol–water partition coefficient (Wildman–Crippen LogP) is 3.03. The van der Waals surface area contributed by atoms with Gasteiger partial charge in [0.25, 0.3) is 5.69 Å². The Hall–Kier alpha value is -1.53. The van der Waals surface area contributed by atoms with E-state index in [1.54, 1.807) is 0 Å². The fourth-order valence-corrected chi connectivity index (χ4v) is 1.74. The van der Waals surface area contributed by atoms with Crippen molar-refractivity contribution in [1.29, 1.82) is 0 Å². The summed E-state index contributed by atoms with van der Waals surface area (Å²) in [7, 11) is 0. The summed E-state index contributed by atoms with van der Waals surface area (Å²) in [6.45, 7) is 4.50. The van der Waals surface area contributed by atoms with Gasteiger partial charge in [-0.3, -0.25) is 10.1 Å². The van der Waals surface area contributed by atoms with Crippen LogP contribution in [0.2, 0.25) is 0 Å². The summed E-state index contributed by atoms with van der Waals surface area (Å²) in [4.78, 5) is 10.3. The lowest BCUT2D eigenvalue weighted by Crippen LogP contribution is -2.17. The highest BCUT2D eigenvalue weighted by Crippen LogP contribution is 2.19. The Bertz CT molecular complexity index is 427. The number of hydrogen-bond acceptors (Lipinski definition) is 4. The molecule has 0 aromatic heterocycles. The topological polar surface area (TPSA) is 64.4 Å². The number of unbranched alkanes of at least 4 members (excludes halogenated alkanes) is 1. The maximum atomic E-state index is 13.1. The molecule has 1 aromatic rings. The van der Waals surface area contributed by atoms with Crippen LogP contribution in [-0.4, -0.2) is 24.7 Å².